The molecule has 112 valence electrons. The number of anilines is 1. The molecule has 0 atom stereocenters. The van der Waals surface area contributed by atoms with E-state index in [1.54, 1.807) is 17.4 Å². The maximum Gasteiger partial charge on any atom is 0.227 e. The Morgan fingerprint density at radius 3 is 2.57 bits per heavy atom. The topological polar surface area (TPSA) is 46.3 Å². The first kappa shape index (κ1) is 17.3. The van der Waals surface area contributed by atoms with Crippen molar-refractivity contribution >= 4 is 35.3 Å². The summed E-state index contributed by atoms with van der Waals surface area (Å²) >= 11 is 1.66. The van der Waals surface area contributed by atoms with Gasteiger partial charge in [-0.2, -0.15) is 0 Å². The summed E-state index contributed by atoms with van der Waals surface area (Å²) in [7, 11) is 0. The fourth-order valence-corrected chi connectivity index (χ4v) is 2.64. The van der Waals surface area contributed by atoms with Crippen molar-refractivity contribution in [2.45, 2.75) is 13.0 Å². The molecule has 1 aromatic heterocycles. The van der Waals surface area contributed by atoms with Gasteiger partial charge in [-0.25, -0.2) is 0 Å². The van der Waals surface area contributed by atoms with E-state index in [0.29, 0.717) is 25.2 Å². The van der Waals surface area contributed by atoms with E-state index >= 15 is 0 Å². The Kier molecular flexibility index (Phi) is 6.99. The van der Waals surface area contributed by atoms with Gasteiger partial charge in [0, 0.05) is 17.1 Å². The summed E-state index contributed by atoms with van der Waals surface area (Å²) in [5, 5.41) is 2.02. The van der Waals surface area contributed by atoms with Crippen molar-refractivity contribution in [1.29, 1.82) is 0 Å². The minimum atomic E-state index is 0. The molecule has 0 saturated heterocycles. The number of amides is 1. The molecule has 2 aromatic rings. The first-order valence-corrected chi connectivity index (χ1v) is 7.32. The van der Waals surface area contributed by atoms with Gasteiger partial charge in [0.2, 0.25) is 5.91 Å². The molecule has 2 rings (SSSR count). The number of carbonyl (C=O) groups excluding carboxylic acids is 1. The second-order valence-corrected chi connectivity index (χ2v) is 5.59. The van der Waals surface area contributed by atoms with Gasteiger partial charge in [0.25, 0.3) is 0 Å². The SMILES string of the molecule is C=CCN(Cc1cccs1)C(=O)Cc1ccc(N)cc1.Cl. The Morgan fingerprint density at radius 1 is 1.29 bits per heavy atom. The van der Waals surface area contributed by atoms with Gasteiger partial charge in [0.1, 0.15) is 0 Å². The Bertz CT molecular complexity index is 566. The van der Waals surface area contributed by atoms with Crippen LogP contribution in [0.2, 0.25) is 0 Å². The largest absolute Gasteiger partial charge is 0.399 e. The van der Waals surface area contributed by atoms with Crippen molar-refractivity contribution in [2.24, 2.45) is 0 Å². The van der Waals surface area contributed by atoms with Gasteiger partial charge >= 0.3 is 0 Å². The lowest BCUT2D eigenvalue weighted by Crippen LogP contribution is -2.31. The number of benzene rings is 1. The fourth-order valence-electron chi connectivity index (χ4n) is 1.92. The van der Waals surface area contributed by atoms with Gasteiger partial charge in [-0.15, -0.1) is 30.3 Å². The van der Waals surface area contributed by atoms with E-state index in [0.717, 1.165) is 5.56 Å². The molecular formula is C16H19ClN2OS. The predicted molar refractivity (Wildman–Crippen MR) is 91.7 cm³/mol. The number of nitrogen functional groups attached to an aromatic ring is 1. The van der Waals surface area contributed by atoms with E-state index in [-0.39, 0.29) is 18.3 Å². The van der Waals surface area contributed by atoms with Crippen LogP contribution >= 0.6 is 23.7 Å². The van der Waals surface area contributed by atoms with E-state index in [1.165, 1.54) is 4.88 Å². The summed E-state index contributed by atoms with van der Waals surface area (Å²) in [5.41, 5.74) is 7.34. The highest BCUT2D eigenvalue weighted by Gasteiger charge is 2.13. The van der Waals surface area contributed by atoms with Crippen LogP contribution < -0.4 is 5.73 Å². The minimum absolute atomic E-state index is 0. The van der Waals surface area contributed by atoms with E-state index < -0.39 is 0 Å². The fraction of sp³-hybridized carbons (Fsp3) is 0.188. The Morgan fingerprint density at radius 2 is 2.00 bits per heavy atom. The highest BCUT2D eigenvalue weighted by molar-refractivity contribution is 7.09. The summed E-state index contributed by atoms with van der Waals surface area (Å²) in [6.45, 7) is 4.92. The van der Waals surface area contributed by atoms with Gasteiger partial charge in [-0.3, -0.25) is 4.79 Å². The van der Waals surface area contributed by atoms with Crippen LogP contribution in [0.5, 0.6) is 0 Å². The van der Waals surface area contributed by atoms with Gasteiger partial charge in [0.15, 0.2) is 0 Å². The standard InChI is InChI=1S/C16H18N2OS.ClH/c1-2-9-18(12-15-4-3-10-20-15)16(19)11-13-5-7-14(17)8-6-13;/h2-8,10H,1,9,11-12,17H2;1H. The molecule has 0 bridgehead atoms. The Hall–Kier alpha value is -1.78. The van der Waals surface area contributed by atoms with Gasteiger partial charge < -0.3 is 10.6 Å². The van der Waals surface area contributed by atoms with Crippen LogP contribution in [0.3, 0.4) is 0 Å². The molecule has 1 heterocycles. The van der Waals surface area contributed by atoms with Crippen LogP contribution in [0.1, 0.15) is 10.4 Å². The molecular weight excluding hydrogens is 304 g/mol. The monoisotopic (exact) mass is 322 g/mol. The lowest BCUT2D eigenvalue weighted by atomic mass is 10.1. The molecule has 1 aromatic carbocycles. The van der Waals surface area contributed by atoms with Gasteiger partial charge in [-0.1, -0.05) is 24.3 Å². The summed E-state index contributed by atoms with van der Waals surface area (Å²) in [5.74, 6) is 0.100. The third-order valence-corrected chi connectivity index (χ3v) is 3.83. The smallest absolute Gasteiger partial charge is 0.227 e. The second-order valence-electron chi connectivity index (χ2n) is 4.56. The van der Waals surface area contributed by atoms with Crippen molar-refractivity contribution in [1.82, 2.24) is 4.90 Å². The number of hydrogen-bond acceptors (Lipinski definition) is 3. The second kappa shape index (κ2) is 8.49. The molecule has 2 N–H and O–H groups in total. The molecule has 0 aliphatic rings. The lowest BCUT2D eigenvalue weighted by molar-refractivity contribution is -0.130. The number of halogens is 1. The number of thiophene rings is 1. The molecule has 5 heteroatoms. The van der Waals surface area contributed by atoms with Crippen molar-refractivity contribution in [3.05, 3.63) is 64.9 Å². The van der Waals surface area contributed by atoms with Gasteiger partial charge in [0.05, 0.1) is 13.0 Å². The molecule has 0 spiro atoms. The number of carbonyl (C=O) groups is 1. The molecule has 3 nitrogen and oxygen atoms in total. The summed E-state index contributed by atoms with van der Waals surface area (Å²) < 4.78 is 0. The number of nitrogens with two attached hydrogens (primary N) is 1. The molecule has 0 aliphatic carbocycles. The normalized spacial score (nSPS) is 9.71. The summed E-state index contributed by atoms with van der Waals surface area (Å²) in [6, 6.07) is 11.5. The average Bonchev–Trinajstić information content (AvgIpc) is 2.94. The number of hydrogen-bond donors (Lipinski definition) is 1. The van der Waals surface area contributed by atoms with Gasteiger partial charge in [-0.05, 0) is 29.1 Å². The van der Waals surface area contributed by atoms with Crippen LogP contribution in [0.4, 0.5) is 5.69 Å². The van der Waals surface area contributed by atoms with Crippen LogP contribution in [0, 0.1) is 0 Å². The molecule has 0 fully saturated rings. The zero-order chi connectivity index (χ0) is 14.4. The van der Waals surface area contributed by atoms with Crippen LogP contribution in [0.15, 0.2) is 54.4 Å². The molecule has 21 heavy (non-hydrogen) atoms. The number of rotatable bonds is 6. The first-order chi connectivity index (χ1) is 9.69. The molecule has 1 amide bonds. The van der Waals surface area contributed by atoms with Crippen molar-refractivity contribution < 1.29 is 4.79 Å². The van der Waals surface area contributed by atoms with Crippen LogP contribution in [0.25, 0.3) is 0 Å². The molecule has 0 aliphatic heterocycles. The third kappa shape index (κ3) is 5.25. The molecule has 0 saturated carbocycles. The van der Waals surface area contributed by atoms with Crippen molar-refractivity contribution in [3.8, 4) is 0 Å². The zero-order valence-corrected chi connectivity index (χ0v) is 13.3. The van der Waals surface area contributed by atoms with Crippen LogP contribution in [-0.2, 0) is 17.8 Å². The number of nitrogens with zero attached hydrogens (tertiary/aromatic N) is 1. The van der Waals surface area contributed by atoms with Crippen molar-refractivity contribution in [2.75, 3.05) is 12.3 Å². The van der Waals surface area contributed by atoms with E-state index in [9.17, 15) is 4.79 Å². The molecule has 0 unspecified atom stereocenters. The Labute approximate surface area is 135 Å². The quantitative estimate of drug-likeness (QED) is 0.653. The molecule has 0 radical (unpaired) electrons. The van der Waals surface area contributed by atoms with E-state index in [4.69, 9.17) is 5.73 Å². The first-order valence-electron chi connectivity index (χ1n) is 6.44. The van der Waals surface area contributed by atoms with E-state index in [1.807, 2.05) is 46.7 Å². The van der Waals surface area contributed by atoms with Crippen LogP contribution in [-0.4, -0.2) is 17.4 Å². The summed E-state index contributed by atoms with van der Waals surface area (Å²) in [6.07, 6.45) is 2.15. The minimum Gasteiger partial charge on any atom is -0.399 e. The Balaban J connectivity index is 0.00000220. The average molecular weight is 323 g/mol. The van der Waals surface area contributed by atoms with E-state index in [2.05, 4.69) is 6.58 Å². The predicted octanol–water partition coefficient (Wildman–Crippen LogP) is 3.51. The maximum absolute atomic E-state index is 12.4. The van der Waals surface area contributed by atoms with Crippen molar-refractivity contribution in [3.63, 3.8) is 0 Å². The highest BCUT2D eigenvalue weighted by atomic mass is 35.5. The third-order valence-electron chi connectivity index (χ3n) is 2.96. The maximum atomic E-state index is 12.4. The highest BCUT2D eigenvalue weighted by Crippen LogP contribution is 2.14. The zero-order valence-electron chi connectivity index (χ0n) is 11.7. The lowest BCUT2D eigenvalue weighted by Gasteiger charge is -2.20. The summed E-state index contributed by atoms with van der Waals surface area (Å²) in [4.78, 5) is 15.4.